The molecule has 2 N–H and O–H groups in total. The highest BCUT2D eigenvalue weighted by Gasteiger charge is 2.11. The van der Waals surface area contributed by atoms with E-state index in [0.717, 1.165) is 11.5 Å². The molecule has 0 saturated heterocycles. The summed E-state index contributed by atoms with van der Waals surface area (Å²) in [7, 11) is 1.82. The maximum Gasteiger partial charge on any atom is 0.126 e. The highest BCUT2D eigenvalue weighted by Crippen LogP contribution is 2.24. The predicted molar refractivity (Wildman–Crippen MR) is 71.2 cm³/mol. The van der Waals surface area contributed by atoms with Crippen LogP contribution in [0.25, 0.3) is 0 Å². The van der Waals surface area contributed by atoms with E-state index in [2.05, 4.69) is 10.3 Å². The van der Waals surface area contributed by atoms with E-state index in [1.807, 2.05) is 26.1 Å². The van der Waals surface area contributed by atoms with E-state index in [4.69, 9.17) is 11.6 Å². The second kappa shape index (κ2) is 6.33. The van der Waals surface area contributed by atoms with Gasteiger partial charge in [0.2, 0.25) is 0 Å². The van der Waals surface area contributed by atoms with Gasteiger partial charge in [0, 0.05) is 18.1 Å². The average Bonchev–Trinajstić information content (AvgIpc) is 2.27. The van der Waals surface area contributed by atoms with Crippen LogP contribution in [0.15, 0.2) is 12.1 Å². The van der Waals surface area contributed by atoms with Crippen LogP contribution in [-0.2, 0) is 5.75 Å². The van der Waals surface area contributed by atoms with E-state index in [-0.39, 0.29) is 11.4 Å². The van der Waals surface area contributed by atoms with Crippen molar-refractivity contribution in [2.45, 2.75) is 31.0 Å². The average molecular weight is 261 g/mol. The Balaban J connectivity index is 2.65. The van der Waals surface area contributed by atoms with E-state index >= 15 is 0 Å². The number of hydrogen-bond acceptors (Lipinski definition) is 4. The largest absolute Gasteiger partial charge is 0.392 e. The monoisotopic (exact) mass is 260 g/mol. The number of aromatic nitrogens is 1. The van der Waals surface area contributed by atoms with Crippen molar-refractivity contribution < 1.29 is 5.11 Å². The van der Waals surface area contributed by atoms with Crippen LogP contribution < -0.4 is 5.32 Å². The van der Waals surface area contributed by atoms with Crippen LogP contribution in [0, 0.1) is 0 Å². The molecule has 1 heterocycles. The smallest absolute Gasteiger partial charge is 0.126 e. The van der Waals surface area contributed by atoms with Crippen LogP contribution in [0.3, 0.4) is 0 Å². The number of rotatable bonds is 5. The maximum absolute atomic E-state index is 9.38. The number of hydrogen-bond donors (Lipinski definition) is 2. The minimum Gasteiger partial charge on any atom is -0.392 e. The number of pyridine rings is 1. The van der Waals surface area contributed by atoms with Gasteiger partial charge in [0.05, 0.1) is 16.8 Å². The zero-order valence-electron chi connectivity index (χ0n) is 9.70. The molecule has 2 unspecified atom stereocenters. The molecule has 0 radical (unpaired) electrons. The molecule has 0 amide bonds. The molecule has 1 aromatic rings. The minimum absolute atomic E-state index is 0.177. The van der Waals surface area contributed by atoms with Crippen molar-refractivity contribution in [1.82, 2.24) is 4.98 Å². The van der Waals surface area contributed by atoms with Gasteiger partial charge in [-0.2, -0.15) is 0 Å². The summed E-state index contributed by atoms with van der Waals surface area (Å²) in [6, 6.07) is 3.68. The molecule has 0 fully saturated rings. The lowest BCUT2D eigenvalue weighted by molar-refractivity contribution is 0.196. The Bertz CT molecular complexity index is 347. The van der Waals surface area contributed by atoms with Crippen LogP contribution in [-0.4, -0.2) is 28.5 Å². The first-order valence-electron chi connectivity index (χ1n) is 5.17. The molecule has 0 saturated carbocycles. The molecule has 0 aromatic carbocycles. The summed E-state index contributed by atoms with van der Waals surface area (Å²) in [6.07, 6.45) is -0.323. The third-order valence-corrected chi connectivity index (χ3v) is 4.04. The molecule has 0 aliphatic carbocycles. The van der Waals surface area contributed by atoms with Crippen molar-refractivity contribution in [1.29, 1.82) is 0 Å². The van der Waals surface area contributed by atoms with Gasteiger partial charge in [-0.3, -0.25) is 0 Å². The number of anilines is 1. The highest BCUT2D eigenvalue weighted by atomic mass is 35.5. The molecule has 2 atom stereocenters. The first-order chi connectivity index (χ1) is 7.54. The lowest BCUT2D eigenvalue weighted by atomic mass is 10.3. The summed E-state index contributed by atoms with van der Waals surface area (Å²) in [5.41, 5.74) is 0.853. The van der Waals surface area contributed by atoms with Gasteiger partial charge in [-0.15, -0.1) is 11.8 Å². The quantitative estimate of drug-likeness (QED) is 0.855. The second-order valence-electron chi connectivity index (χ2n) is 3.63. The number of thioether (sulfide) groups is 1. The molecule has 5 heteroatoms. The topological polar surface area (TPSA) is 45.1 Å². The SMILES string of the molecule is CNc1ccc(Cl)c(CSC(C)C(C)O)n1. The summed E-state index contributed by atoms with van der Waals surface area (Å²) >= 11 is 7.70. The Morgan fingerprint density at radius 1 is 1.50 bits per heavy atom. The van der Waals surface area contributed by atoms with Crippen LogP contribution in [0.1, 0.15) is 19.5 Å². The summed E-state index contributed by atoms with van der Waals surface area (Å²) in [5, 5.41) is 13.2. The Hall–Kier alpha value is -0.450. The van der Waals surface area contributed by atoms with Crippen molar-refractivity contribution in [2.24, 2.45) is 0 Å². The van der Waals surface area contributed by atoms with Gasteiger partial charge in [0.1, 0.15) is 5.82 Å². The molecule has 90 valence electrons. The number of nitrogens with zero attached hydrogens (tertiary/aromatic N) is 1. The van der Waals surface area contributed by atoms with Crippen molar-refractivity contribution in [3.8, 4) is 0 Å². The third-order valence-electron chi connectivity index (χ3n) is 2.34. The summed E-state index contributed by atoms with van der Waals surface area (Å²) in [5.74, 6) is 1.52. The Kier molecular flexibility index (Phi) is 5.38. The van der Waals surface area contributed by atoms with Gasteiger partial charge in [-0.25, -0.2) is 4.98 Å². The molecule has 1 aromatic heterocycles. The summed E-state index contributed by atoms with van der Waals surface area (Å²) < 4.78 is 0. The maximum atomic E-state index is 9.38. The van der Waals surface area contributed by atoms with Gasteiger partial charge in [-0.1, -0.05) is 18.5 Å². The fraction of sp³-hybridized carbons (Fsp3) is 0.545. The van der Waals surface area contributed by atoms with Crippen LogP contribution in [0.2, 0.25) is 5.02 Å². The molecule has 16 heavy (non-hydrogen) atoms. The molecular weight excluding hydrogens is 244 g/mol. The fourth-order valence-corrected chi connectivity index (χ4v) is 2.25. The Morgan fingerprint density at radius 2 is 2.19 bits per heavy atom. The number of halogens is 1. The second-order valence-corrected chi connectivity index (χ2v) is 5.40. The van der Waals surface area contributed by atoms with Gasteiger partial charge in [0.15, 0.2) is 0 Å². The Morgan fingerprint density at radius 3 is 2.75 bits per heavy atom. The molecule has 0 aliphatic rings. The van der Waals surface area contributed by atoms with Gasteiger partial charge >= 0.3 is 0 Å². The molecule has 1 rings (SSSR count). The molecule has 0 bridgehead atoms. The zero-order valence-corrected chi connectivity index (χ0v) is 11.3. The van der Waals surface area contributed by atoms with Crippen molar-refractivity contribution in [3.05, 3.63) is 22.8 Å². The number of nitrogens with one attached hydrogen (secondary N) is 1. The molecule has 0 aliphatic heterocycles. The van der Waals surface area contributed by atoms with Crippen LogP contribution >= 0.6 is 23.4 Å². The number of aliphatic hydroxyl groups is 1. The first-order valence-corrected chi connectivity index (χ1v) is 6.60. The van der Waals surface area contributed by atoms with Crippen LogP contribution in [0.4, 0.5) is 5.82 Å². The van der Waals surface area contributed by atoms with Gasteiger partial charge in [0.25, 0.3) is 0 Å². The normalized spacial score (nSPS) is 14.6. The Labute approximate surface area is 106 Å². The van der Waals surface area contributed by atoms with Crippen molar-refractivity contribution in [2.75, 3.05) is 12.4 Å². The predicted octanol–water partition coefficient (Wildman–Crippen LogP) is 2.78. The zero-order chi connectivity index (χ0) is 12.1. The van der Waals surface area contributed by atoms with Gasteiger partial charge < -0.3 is 10.4 Å². The first kappa shape index (κ1) is 13.6. The van der Waals surface area contributed by atoms with E-state index in [0.29, 0.717) is 10.8 Å². The fourth-order valence-electron chi connectivity index (χ4n) is 1.07. The van der Waals surface area contributed by atoms with Crippen molar-refractivity contribution in [3.63, 3.8) is 0 Å². The van der Waals surface area contributed by atoms with Crippen molar-refractivity contribution >= 4 is 29.2 Å². The van der Waals surface area contributed by atoms with E-state index in [9.17, 15) is 5.11 Å². The summed E-state index contributed by atoms with van der Waals surface area (Å²) in [6.45, 7) is 3.78. The van der Waals surface area contributed by atoms with Crippen LogP contribution in [0.5, 0.6) is 0 Å². The highest BCUT2D eigenvalue weighted by molar-refractivity contribution is 7.99. The summed E-state index contributed by atoms with van der Waals surface area (Å²) in [4.78, 5) is 4.38. The molecular formula is C11H17ClN2OS. The number of aliphatic hydroxyl groups excluding tert-OH is 1. The minimum atomic E-state index is -0.323. The molecule has 3 nitrogen and oxygen atoms in total. The van der Waals surface area contributed by atoms with E-state index in [1.165, 1.54) is 0 Å². The lowest BCUT2D eigenvalue weighted by Gasteiger charge is -2.14. The van der Waals surface area contributed by atoms with E-state index < -0.39 is 0 Å². The van der Waals surface area contributed by atoms with E-state index in [1.54, 1.807) is 18.7 Å². The third kappa shape index (κ3) is 3.85. The standard InChI is InChI=1S/C11H17ClN2OS/c1-7(15)8(2)16-6-10-9(12)4-5-11(13-3)14-10/h4-5,7-8,15H,6H2,1-3H3,(H,13,14). The molecule has 0 spiro atoms. The lowest BCUT2D eigenvalue weighted by Crippen LogP contribution is -2.15. The van der Waals surface area contributed by atoms with Gasteiger partial charge in [-0.05, 0) is 19.1 Å².